The van der Waals surface area contributed by atoms with Gasteiger partial charge in [-0.1, -0.05) is 27.6 Å². The van der Waals surface area contributed by atoms with Crippen LogP contribution >= 0.6 is 37.2 Å². The molecule has 14 rings (SSSR count). The summed E-state index contributed by atoms with van der Waals surface area (Å²) in [5, 5.41) is 39.1. The highest BCUT2D eigenvalue weighted by Crippen LogP contribution is 2.40. The van der Waals surface area contributed by atoms with Crippen molar-refractivity contribution in [3.05, 3.63) is 128 Å². The second-order valence-corrected chi connectivity index (χ2v) is 31.7. The van der Waals surface area contributed by atoms with E-state index in [4.69, 9.17) is 27.8 Å². The second kappa shape index (κ2) is 39.6. The molecule has 5 aromatic carbocycles. The van der Waals surface area contributed by atoms with Crippen molar-refractivity contribution in [3.63, 3.8) is 0 Å². The van der Waals surface area contributed by atoms with Crippen molar-refractivity contribution in [1.29, 1.82) is 10.5 Å². The minimum absolute atomic E-state index is 0. The molecular formula is C83H114Cl3F2N13O6. The van der Waals surface area contributed by atoms with Gasteiger partial charge < -0.3 is 57.6 Å². The number of benzene rings is 5. The normalized spacial score (nSPS) is 16.7. The molecule has 107 heavy (non-hydrogen) atoms. The van der Waals surface area contributed by atoms with Crippen molar-refractivity contribution < 1.29 is 36.6 Å². The van der Waals surface area contributed by atoms with Gasteiger partial charge in [0.1, 0.15) is 52.1 Å². The number of aryl methyl sites for hydroxylation is 3. The van der Waals surface area contributed by atoms with Gasteiger partial charge in [0.05, 0.1) is 65.0 Å². The van der Waals surface area contributed by atoms with Crippen molar-refractivity contribution in [2.45, 2.75) is 148 Å². The van der Waals surface area contributed by atoms with Gasteiger partial charge in [0, 0.05) is 88.2 Å². The van der Waals surface area contributed by atoms with E-state index in [-0.39, 0.29) is 48.3 Å². The monoisotopic (exact) mass is 1530 g/mol. The number of ether oxygens (including phenoxy) is 3. The number of anilines is 2. The Kier molecular flexibility index (Phi) is 31.1. The highest BCUT2D eigenvalue weighted by Gasteiger charge is 2.30. The number of nitrogens with zero attached hydrogens (tertiary/aromatic N) is 12. The number of nitriles is 2. The van der Waals surface area contributed by atoms with Gasteiger partial charge in [0.15, 0.2) is 16.7 Å². The van der Waals surface area contributed by atoms with E-state index in [1.807, 2.05) is 64.6 Å². The number of nitrogens with one attached hydrogen (secondary N) is 1. The molecule has 19 nitrogen and oxygen atoms in total. The van der Waals surface area contributed by atoms with E-state index >= 15 is 8.78 Å². The van der Waals surface area contributed by atoms with Gasteiger partial charge in [-0.25, -0.2) is 8.78 Å². The van der Waals surface area contributed by atoms with E-state index in [9.17, 15) is 10.5 Å². The lowest BCUT2D eigenvalue weighted by Gasteiger charge is -2.32. The third-order valence-electron chi connectivity index (χ3n) is 21.9. The highest BCUT2D eigenvalue weighted by molar-refractivity contribution is 5.87. The van der Waals surface area contributed by atoms with Crippen LogP contribution < -0.4 is 29.3 Å². The zero-order chi connectivity index (χ0) is 73.0. The molecule has 0 spiro atoms. The van der Waals surface area contributed by atoms with Crippen LogP contribution in [-0.2, 0) is 52.0 Å². The van der Waals surface area contributed by atoms with Crippen molar-refractivity contribution in [2.24, 2.45) is 35.5 Å². The quantitative estimate of drug-likeness (QED) is 0.0447. The lowest BCUT2D eigenvalue weighted by molar-refractivity contribution is 0.170. The minimum atomic E-state index is -0.390. The molecule has 0 unspecified atom stereocenters. The zero-order valence-corrected chi connectivity index (χ0v) is 67.1. The first kappa shape index (κ1) is 84.0. The third kappa shape index (κ3) is 22.4. The molecule has 3 aliphatic carbocycles. The molecule has 0 radical (unpaired) electrons. The fourth-order valence-electron chi connectivity index (χ4n) is 15.1. The number of likely N-dealkylation sites (tertiary alicyclic amines) is 2. The summed E-state index contributed by atoms with van der Waals surface area (Å²) < 4.78 is 66.1. The lowest BCUT2D eigenvalue weighted by atomic mass is 9.90. The van der Waals surface area contributed by atoms with E-state index in [1.54, 1.807) is 9.80 Å². The Balaban J connectivity index is 0.000000187. The Morgan fingerprint density at radius 2 is 0.738 bits per heavy atom. The maximum Gasteiger partial charge on any atom is 0.175 e. The summed E-state index contributed by atoms with van der Waals surface area (Å²) in [4.78, 5) is 14.6. The number of aromatic nitrogens is 3. The first-order valence-electron chi connectivity index (χ1n) is 38.3. The zero-order valence-electron chi connectivity index (χ0n) is 64.7. The van der Waals surface area contributed by atoms with Gasteiger partial charge in [-0.05, 0) is 281 Å². The predicted molar refractivity (Wildman–Crippen MR) is 428 cm³/mol. The number of fused-ring (bicyclic) bond motifs is 3. The Morgan fingerprint density at radius 1 is 0.430 bits per heavy atom. The molecule has 6 fully saturated rings. The molecule has 582 valence electrons. The van der Waals surface area contributed by atoms with Crippen LogP contribution in [0.25, 0.3) is 32.9 Å². The molecule has 3 saturated heterocycles. The van der Waals surface area contributed by atoms with E-state index in [1.165, 1.54) is 57.8 Å². The maximum absolute atomic E-state index is 15.0. The van der Waals surface area contributed by atoms with Crippen LogP contribution in [0.3, 0.4) is 0 Å². The molecule has 24 heteroatoms. The standard InChI is InChI=1S/2C31H40FN5O2.C21H31N3O2.3ClH/c2*1-35(2)19-26-29(38-20-22-5-6-22)12-9-24-27(34-39-31(24)26)10-7-21-13-15-37(16-14-21)18-23-8-11-28(36(3)4)25(17-33)30(23)32;1-24(2)13-18-20(25-14-16-3-4-16)8-6-17-19(23-26-21(17)18)7-5-15-9-11-22-12-10-15;;;/h2*8-9,11-12,21-22H,5-7,10,13-16,18-20H2,1-4H3;6,8,15-16,22H,3-5,7,9-14H2,1-2H3;3*1H. The van der Waals surface area contributed by atoms with E-state index in [0.29, 0.717) is 59.3 Å². The largest absolute Gasteiger partial charge is 0.493 e. The molecule has 3 saturated carbocycles. The number of rotatable bonds is 30. The molecule has 3 aromatic heterocycles. The summed E-state index contributed by atoms with van der Waals surface area (Å²) in [6.07, 6.45) is 20.6. The van der Waals surface area contributed by atoms with Gasteiger partial charge in [0.25, 0.3) is 0 Å². The maximum atomic E-state index is 15.0. The van der Waals surface area contributed by atoms with Crippen molar-refractivity contribution >= 4 is 81.5 Å². The van der Waals surface area contributed by atoms with E-state index in [0.717, 1.165) is 232 Å². The Morgan fingerprint density at radius 3 is 1.02 bits per heavy atom. The van der Waals surface area contributed by atoms with Crippen molar-refractivity contribution in [1.82, 2.24) is 45.3 Å². The molecule has 1 N–H and O–H groups in total. The van der Waals surface area contributed by atoms with Crippen LogP contribution in [0, 0.1) is 69.8 Å². The Labute approximate surface area is 651 Å². The Bertz CT molecular complexity index is 4040. The summed E-state index contributed by atoms with van der Waals surface area (Å²) >= 11 is 0. The first-order valence-corrected chi connectivity index (χ1v) is 38.3. The molecule has 3 aliphatic heterocycles. The first-order chi connectivity index (χ1) is 50.4. The van der Waals surface area contributed by atoms with Gasteiger partial charge in [-0.3, -0.25) is 9.80 Å². The molecule has 0 atom stereocenters. The summed E-state index contributed by atoms with van der Waals surface area (Å²) in [6.45, 7) is 11.8. The van der Waals surface area contributed by atoms with Crippen LogP contribution in [0.4, 0.5) is 20.2 Å². The van der Waals surface area contributed by atoms with Crippen molar-refractivity contribution in [2.75, 3.05) is 139 Å². The number of halogens is 5. The van der Waals surface area contributed by atoms with Gasteiger partial charge >= 0.3 is 0 Å². The molecule has 6 heterocycles. The summed E-state index contributed by atoms with van der Waals surface area (Å²) in [5.41, 5.74) is 11.7. The predicted octanol–water partition coefficient (Wildman–Crippen LogP) is 16.1. The smallest absolute Gasteiger partial charge is 0.175 e. The van der Waals surface area contributed by atoms with Crippen LogP contribution in [-0.4, -0.2) is 170 Å². The molecule has 0 bridgehead atoms. The molecular weight excluding hydrogens is 1420 g/mol. The molecule has 8 aromatic rings. The summed E-state index contributed by atoms with van der Waals surface area (Å²) in [7, 11) is 19.7. The van der Waals surface area contributed by atoms with Crippen LogP contribution in [0.15, 0.2) is 74.2 Å². The van der Waals surface area contributed by atoms with E-state index < -0.39 is 11.6 Å². The SMILES string of the molecule is CN(C)Cc1c(OCC2CC2)ccc2c(CCC3CCN(Cc4ccc(N(C)C)c(C#N)c4F)CC3)noc12.CN(C)Cc1c(OCC2CC2)ccc2c(CCC3CCN(Cc4ccc(N(C)C)c(C#N)c4F)CC3)noc12.CN(C)Cc1c(OCC2CC2)ccc2c(CCC3CCNCC3)noc12.Cl.Cl.Cl. The highest BCUT2D eigenvalue weighted by atomic mass is 35.5. The average molecular weight is 1530 g/mol. The van der Waals surface area contributed by atoms with Gasteiger partial charge in [0.2, 0.25) is 0 Å². The van der Waals surface area contributed by atoms with Gasteiger partial charge in [-0.2, -0.15) is 10.5 Å². The summed E-state index contributed by atoms with van der Waals surface area (Å²) in [6, 6.07) is 24.1. The topological polar surface area (TPSA) is 188 Å². The fourth-order valence-corrected chi connectivity index (χ4v) is 15.1. The molecule has 0 amide bonds. The Hall–Kier alpha value is -7.02. The van der Waals surface area contributed by atoms with Crippen molar-refractivity contribution in [3.8, 4) is 29.4 Å². The van der Waals surface area contributed by atoms with Crippen LogP contribution in [0.1, 0.15) is 152 Å². The lowest BCUT2D eigenvalue weighted by Crippen LogP contribution is -2.33. The fraction of sp³-hybridized carbons (Fsp3) is 0.578. The third-order valence-corrected chi connectivity index (χ3v) is 21.9. The van der Waals surface area contributed by atoms with Crippen LogP contribution in [0.2, 0.25) is 0 Å². The minimum Gasteiger partial charge on any atom is -0.493 e. The summed E-state index contributed by atoms with van der Waals surface area (Å²) in [5.74, 6) is 6.15. The average Bonchev–Trinajstić information content (AvgIpc) is 1.70. The number of hydrogen-bond acceptors (Lipinski definition) is 19. The van der Waals surface area contributed by atoms with Gasteiger partial charge in [-0.15, -0.1) is 37.2 Å². The molecule has 6 aliphatic rings. The van der Waals surface area contributed by atoms with E-state index in [2.05, 4.69) is 124 Å². The second-order valence-electron chi connectivity index (χ2n) is 31.7. The number of hydrogen-bond donors (Lipinski definition) is 1. The number of piperidine rings is 3. The van der Waals surface area contributed by atoms with Crippen LogP contribution in [0.5, 0.6) is 17.2 Å².